The molecule has 4 aliphatic rings. The van der Waals surface area contributed by atoms with Gasteiger partial charge in [0.25, 0.3) is 0 Å². The molecule has 4 aliphatic heterocycles. The number of rotatable bonds is 7. The smallest absolute Gasteiger partial charge is 0.246 e. The maximum Gasteiger partial charge on any atom is 0.246 e. The predicted molar refractivity (Wildman–Crippen MR) is 204 cm³/mol. The molecule has 0 radical (unpaired) electrons. The molecule has 0 aromatic heterocycles. The molecule has 16 atom stereocenters. The van der Waals surface area contributed by atoms with Gasteiger partial charge in [-0.1, -0.05) is 34.6 Å². The van der Waals surface area contributed by atoms with Gasteiger partial charge >= 0.3 is 0 Å². The Labute approximate surface area is 328 Å². The molecule has 0 spiro atoms. The molecular weight excluding hydrogens is 712 g/mol. The van der Waals surface area contributed by atoms with E-state index in [4.69, 9.17) is 23.7 Å². The van der Waals surface area contributed by atoms with E-state index in [-0.39, 0.29) is 48.6 Å². The molecule has 0 aliphatic carbocycles. The Morgan fingerprint density at radius 1 is 0.982 bits per heavy atom. The fourth-order valence-electron chi connectivity index (χ4n) is 9.39. The summed E-state index contributed by atoms with van der Waals surface area (Å²) in [6.07, 6.45) is -4.98. The normalized spacial score (nSPS) is 44.6. The van der Waals surface area contributed by atoms with Crippen molar-refractivity contribution in [1.82, 2.24) is 20.0 Å². The number of carbonyl (C=O) groups excluding carboxylic acids is 3. The van der Waals surface area contributed by atoms with Crippen molar-refractivity contribution in [3.63, 3.8) is 0 Å². The summed E-state index contributed by atoms with van der Waals surface area (Å²) in [4.78, 5) is 47.7. The third-order valence-electron chi connectivity index (χ3n) is 12.6. The minimum absolute atomic E-state index is 0.141. The molecule has 4 N–H and O–H groups in total. The molecule has 4 heterocycles. The molecule has 0 aromatic carbocycles. The van der Waals surface area contributed by atoms with Crippen LogP contribution in [0.1, 0.15) is 94.4 Å². The van der Waals surface area contributed by atoms with Crippen molar-refractivity contribution < 1.29 is 53.4 Å². The molecule has 15 heteroatoms. The van der Waals surface area contributed by atoms with Crippen molar-refractivity contribution in [3.05, 3.63) is 0 Å². The van der Waals surface area contributed by atoms with Gasteiger partial charge in [-0.05, 0) is 79.3 Å². The lowest BCUT2D eigenvalue weighted by Crippen LogP contribution is -2.61. The Morgan fingerprint density at radius 3 is 2.24 bits per heavy atom. The minimum Gasteiger partial charge on any atom is -0.387 e. The number of hydrogen-bond donors (Lipinski definition) is 4. The summed E-state index contributed by atoms with van der Waals surface area (Å²) in [6.45, 7) is 17.0. The number of likely N-dealkylation sites (N-methyl/N-ethyl adjacent to an activating group) is 2. The molecule has 15 nitrogen and oxygen atoms in total. The second-order valence-electron chi connectivity index (χ2n) is 18.1. The molecule has 0 saturated carbocycles. The van der Waals surface area contributed by atoms with Crippen LogP contribution in [0, 0.1) is 23.7 Å². The molecular formula is C40H72N4O11. The van der Waals surface area contributed by atoms with Gasteiger partial charge in [0, 0.05) is 45.6 Å². The van der Waals surface area contributed by atoms with Crippen LogP contribution in [-0.4, -0.2) is 168 Å². The van der Waals surface area contributed by atoms with E-state index < -0.39 is 84.1 Å². The highest BCUT2D eigenvalue weighted by Crippen LogP contribution is 2.39. The van der Waals surface area contributed by atoms with Gasteiger partial charge in [0.15, 0.2) is 12.6 Å². The number of ether oxygens (including phenoxy) is 5. The Morgan fingerprint density at radius 2 is 1.64 bits per heavy atom. The number of nitrogens with zero attached hydrogens (tertiary/aromatic N) is 3. The summed E-state index contributed by atoms with van der Waals surface area (Å²) in [5.74, 6) is -3.17. The zero-order chi connectivity index (χ0) is 41.3. The van der Waals surface area contributed by atoms with E-state index in [2.05, 4.69) is 5.32 Å². The fourth-order valence-corrected chi connectivity index (χ4v) is 9.39. The Balaban J connectivity index is 1.83. The highest BCUT2D eigenvalue weighted by molar-refractivity contribution is 5.93. The largest absolute Gasteiger partial charge is 0.387 e. The Kier molecular flexibility index (Phi) is 15.2. The van der Waals surface area contributed by atoms with Crippen LogP contribution >= 0.6 is 0 Å². The van der Waals surface area contributed by atoms with Gasteiger partial charge in [0.2, 0.25) is 17.7 Å². The summed E-state index contributed by atoms with van der Waals surface area (Å²) >= 11 is 0. The quantitative estimate of drug-likeness (QED) is 0.295. The second-order valence-corrected chi connectivity index (χ2v) is 18.1. The Bertz CT molecular complexity index is 1320. The number of aliphatic hydroxyl groups is 3. The van der Waals surface area contributed by atoms with Gasteiger partial charge in [-0.3, -0.25) is 14.4 Å². The van der Waals surface area contributed by atoms with E-state index in [0.29, 0.717) is 32.4 Å². The lowest BCUT2D eigenvalue weighted by Gasteiger charge is -2.49. The fraction of sp³-hybridized carbons (Fsp3) is 0.925. The van der Waals surface area contributed by atoms with Gasteiger partial charge in [0.1, 0.15) is 24.3 Å². The van der Waals surface area contributed by atoms with Gasteiger partial charge in [0.05, 0.1) is 41.5 Å². The molecule has 4 saturated heterocycles. The molecule has 4 rings (SSSR count). The van der Waals surface area contributed by atoms with Crippen LogP contribution in [0.15, 0.2) is 0 Å². The third kappa shape index (κ3) is 10.2. The summed E-state index contributed by atoms with van der Waals surface area (Å²) < 4.78 is 31.7. The van der Waals surface area contributed by atoms with E-state index in [9.17, 15) is 29.7 Å². The number of hydrogen-bond acceptors (Lipinski definition) is 12. The van der Waals surface area contributed by atoms with Crippen molar-refractivity contribution in [3.8, 4) is 0 Å². The van der Waals surface area contributed by atoms with Gasteiger partial charge in [-0.25, -0.2) is 0 Å². The first-order chi connectivity index (χ1) is 25.5. The summed E-state index contributed by atoms with van der Waals surface area (Å²) in [5.41, 5.74) is -2.61. The molecule has 318 valence electrons. The predicted octanol–water partition coefficient (Wildman–Crippen LogP) is 1.74. The summed E-state index contributed by atoms with van der Waals surface area (Å²) in [7, 11) is 7.00. The molecule has 1 unspecified atom stereocenters. The zero-order valence-corrected chi connectivity index (χ0v) is 35.6. The number of carbonyl (C=O) groups is 3. The lowest BCUT2D eigenvalue weighted by atomic mass is 9.77. The first-order valence-corrected chi connectivity index (χ1v) is 20.3. The van der Waals surface area contributed by atoms with Crippen LogP contribution in [0.2, 0.25) is 0 Å². The molecule has 0 bridgehead atoms. The monoisotopic (exact) mass is 785 g/mol. The zero-order valence-electron chi connectivity index (χ0n) is 35.6. The number of fused-ring (bicyclic) bond motifs is 1. The van der Waals surface area contributed by atoms with Crippen molar-refractivity contribution >= 4 is 17.7 Å². The van der Waals surface area contributed by atoms with E-state index >= 15 is 0 Å². The van der Waals surface area contributed by atoms with Crippen LogP contribution in [0.4, 0.5) is 0 Å². The van der Waals surface area contributed by atoms with Crippen LogP contribution in [-0.2, 0) is 38.1 Å². The van der Waals surface area contributed by atoms with Crippen LogP contribution < -0.4 is 5.32 Å². The van der Waals surface area contributed by atoms with E-state index in [0.717, 1.165) is 0 Å². The average Bonchev–Trinajstić information content (AvgIpc) is 3.59. The minimum atomic E-state index is -1.59. The standard InChI is InChI=1S/C40H72N4O11/c1-21(2)30-37(49)44-16-14-15-27(44)36(48)43(12)20-22(3)18-39(8,50)34(55-38-31(45)28(42(10)11)17-23(4)52-38)24(5)32(25(6)35(47)41-30)54-29-19-40(9,51-13)33(46)26(7)53-29/h21-34,38,45-46,50H,14-20H2,1-13H3,(H,41,47)/t22-,23-,24+,25-,26+,27+,28+,29+,30?,31-,32+,33+,34-,38+,39-,40-/m1/s1. The van der Waals surface area contributed by atoms with Gasteiger partial charge < -0.3 is 59.0 Å². The van der Waals surface area contributed by atoms with Crippen molar-refractivity contribution in [2.45, 2.75) is 173 Å². The highest BCUT2D eigenvalue weighted by atomic mass is 16.7. The first kappa shape index (κ1) is 45.7. The second kappa shape index (κ2) is 18.3. The van der Waals surface area contributed by atoms with Crippen molar-refractivity contribution in [1.29, 1.82) is 0 Å². The number of nitrogens with one attached hydrogen (secondary N) is 1. The third-order valence-corrected chi connectivity index (χ3v) is 12.6. The number of methoxy groups -OCH3 is 1. The topological polar surface area (TPSA) is 180 Å². The van der Waals surface area contributed by atoms with Crippen LogP contribution in [0.3, 0.4) is 0 Å². The van der Waals surface area contributed by atoms with Gasteiger partial charge in [-0.15, -0.1) is 0 Å². The molecule has 0 aromatic rings. The van der Waals surface area contributed by atoms with E-state index in [1.165, 1.54) is 7.11 Å². The maximum absolute atomic E-state index is 14.5. The van der Waals surface area contributed by atoms with Gasteiger partial charge in [-0.2, -0.15) is 0 Å². The number of aliphatic hydroxyl groups excluding tert-OH is 2. The average molecular weight is 785 g/mol. The number of amides is 3. The molecule has 3 amide bonds. The summed E-state index contributed by atoms with van der Waals surface area (Å²) in [5, 5.41) is 38.2. The van der Waals surface area contributed by atoms with Crippen LogP contribution in [0.25, 0.3) is 0 Å². The highest BCUT2D eigenvalue weighted by Gasteiger charge is 2.52. The Hall–Kier alpha value is -1.95. The first-order valence-electron chi connectivity index (χ1n) is 20.3. The SMILES string of the molecule is CO[C@]1(C)C[C@H](O[C@H]2[C@H](C)[C@@H](O[C@@H]3O[C@H](C)C[C@H](N(C)C)[C@H]3O)[C@](C)(O)C[C@@H](C)CN(C)C(=O)[C@@H]3CCCN3C(=O)C(C(C)C)NC(=O)[C@@H]2C)O[C@@H](C)[C@@H]1O. The maximum atomic E-state index is 14.5. The van der Waals surface area contributed by atoms with Crippen molar-refractivity contribution in [2.75, 3.05) is 41.3 Å². The molecule has 4 fully saturated rings. The lowest BCUT2D eigenvalue weighted by molar-refractivity contribution is -0.317. The molecule has 55 heavy (non-hydrogen) atoms. The van der Waals surface area contributed by atoms with E-state index in [1.54, 1.807) is 44.5 Å². The van der Waals surface area contributed by atoms with E-state index in [1.807, 2.05) is 53.6 Å². The van der Waals surface area contributed by atoms with Crippen LogP contribution in [0.5, 0.6) is 0 Å². The summed E-state index contributed by atoms with van der Waals surface area (Å²) in [6, 6.07) is -1.86. The van der Waals surface area contributed by atoms with Crippen molar-refractivity contribution in [2.24, 2.45) is 23.7 Å².